The van der Waals surface area contributed by atoms with Gasteiger partial charge in [0.15, 0.2) is 0 Å². The van der Waals surface area contributed by atoms with E-state index in [4.69, 9.17) is 0 Å². The van der Waals surface area contributed by atoms with Crippen molar-refractivity contribution in [2.24, 2.45) is 0 Å². The smallest absolute Gasteiger partial charge is 0.335 e. The molecule has 0 unspecified atom stereocenters. The van der Waals surface area contributed by atoms with Crippen molar-refractivity contribution in [2.75, 3.05) is 4.31 Å². The van der Waals surface area contributed by atoms with Gasteiger partial charge < -0.3 is 5.11 Å². The maximum Gasteiger partial charge on any atom is 0.335 e. The van der Waals surface area contributed by atoms with E-state index in [2.05, 4.69) is 0 Å². The average Bonchev–Trinajstić information content (AvgIpc) is 2.85. The lowest BCUT2D eigenvalue weighted by molar-refractivity contribution is 0.0696. The van der Waals surface area contributed by atoms with Crippen LogP contribution < -0.4 is 4.31 Å². The number of sulfonamides is 1. The van der Waals surface area contributed by atoms with E-state index in [1.807, 2.05) is 25.1 Å². The lowest BCUT2D eigenvalue weighted by Gasteiger charge is -2.26. The van der Waals surface area contributed by atoms with Gasteiger partial charge in [0.05, 0.1) is 16.1 Å². The number of para-hydroxylation sites is 1. The van der Waals surface area contributed by atoms with Gasteiger partial charge in [-0.05, 0) is 62.1 Å². The van der Waals surface area contributed by atoms with Crippen LogP contribution in [-0.2, 0) is 16.4 Å². The number of aryl methyl sites for hydroxylation is 1. The van der Waals surface area contributed by atoms with E-state index in [1.165, 1.54) is 16.4 Å². The standard InChI is InChI=1S/C18H19NO4S/c1-11-8-15(18(20)21)10-17(13(11)3)24(22,23)19-12(2)9-14-6-4-5-7-16(14)19/h4-8,10,12H,9H2,1-3H3,(H,20,21)/t12-/m1/s1. The Bertz CT molecular complexity index is 934. The van der Waals surface area contributed by atoms with Crippen molar-refractivity contribution in [3.05, 3.63) is 58.7 Å². The molecule has 0 fully saturated rings. The Morgan fingerprint density at radius 3 is 2.54 bits per heavy atom. The Labute approximate surface area is 141 Å². The molecule has 1 atom stereocenters. The van der Waals surface area contributed by atoms with Gasteiger partial charge in [0.2, 0.25) is 0 Å². The lowest BCUT2D eigenvalue weighted by Crippen LogP contribution is -2.36. The zero-order valence-electron chi connectivity index (χ0n) is 13.8. The predicted octanol–water partition coefficient (Wildman–Crippen LogP) is 3.14. The number of rotatable bonds is 3. The molecule has 1 N–H and O–H groups in total. The second kappa shape index (κ2) is 5.63. The van der Waals surface area contributed by atoms with Gasteiger partial charge in [-0.3, -0.25) is 4.31 Å². The van der Waals surface area contributed by atoms with E-state index in [1.54, 1.807) is 19.9 Å². The molecular formula is C18H19NO4S. The average molecular weight is 345 g/mol. The molecule has 0 amide bonds. The van der Waals surface area contributed by atoms with Crippen LogP contribution >= 0.6 is 0 Å². The zero-order valence-corrected chi connectivity index (χ0v) is 14.6. The fourth-order valence-corrected chi connectivity index (χ4v) is 5.25. The number of fused-ring (bicyclic) bond motifs is 1. The number of carboxylic acids is 1. The van der Waals surface area contributed by atoms with Gasteiger partial charge in [-0.2, -0.15) is 0 Å². The molecule has 0 spiro atoms. The molecular weight excluding hydrogens is 326 g/mol. The molecule has 1 aliphatic heterocycles. The van der Waals surface area contributed by atoms with Gasteiger partial charge in [-0.1, -0.05) is 18.2 Å². The maximum atomic E-state index is 13.3. The summed E-state index contributed by atoms with van der Waals surface area (Å²) in [5, 5.41) is 9.26. The molecule has 126 valence electrons. The summed E-state index contributed by atoms with van der Waals surface area (Å²) >= 11 is 0. The number of aromatic carboxylic acids is 1. The molecule has 0 radical (unpaired) electrons. The highest BCUT2D eigenvalue weighted by atomic mass is 32.2. The number of carbonyl (C=O) groups is 1. The van der Waals surface area contributed by atoms with Crippen molar-refractivity contribution in [2.45, 2.75) is 38.1 Å². The minimum absolute atomic E-state index is 0.0168. The number of hydrogen-bond acceptors (Lipinski definition) is 3. The van der Waals surface area contributed by atoms with Crippen LogP contribution in [0.3, 0.4) is 0 Å². The Kier molecular flexibility index (Phi) is 3.87. The van der Waals surface area contributed by atoms with Gasteiger partial charge in [0.25, 0.3) is 10.0 Å². The van der Waals surface area contributed by atoms with Crippen molar-refractivity contribution in [3.8, 4) is 0 Å². The van der Waals surface area contributed by atoms with Crippen molar-refractivity contribution in [3.63, 3.8) is 0 Å². The molecule has 3 rings (SSSR count). The van der Waals surface area contributed by atoms with Gasteiger partial charge in [0, 0.05) is 6.04 Å². The second-order valence-corrected chi connectivity index (χ2v) is 7.99. The van der Waals surface area contributed by atoms with Crippen LogP contribution in [0.1, 0.15) is 34.0 Å². The quantitative estimate of drug-likeness (QED) is 0.927. The predicted molar refractivity (Wildman–Crippen MR) is 92.1 cm³/mol. The first-order valence-corrected chi connectivity index (χ1v) is 9.14. The van der Waals surface area contributed by atoms with Gasteiger partial charge in [0.1, 0.15) is 0 Å². The van der Waals surface area contributed by atoms with Crippen molar-refractivity contribution >= 4 is 21.7 Å². The van der Waals surface area contributed by atoms with E-state index >= 15 is 0 Å². The Hall–Kier alpha value is -2.34. The monoisotopic (exact) mass is 345 g/mol. The first kappa shape index (κ1) is 16.5. The fraction of sp³-hybridized carbons (Fsp3) is 0.278. The van der Waals surface area contributed by atoms with E-state index in [9.17, 15) is 18.3 Å². The summed E-state index contributed by atoms with van der Waals surface area (Å²) < 4.78 is 28.0. The highest BCUT2D eigenvalue weighted by Gasteiger charge is 2.37. The molecule has 2 aromatic carbocycles. The first-order chi connectivity index (χ1) is 11.2. The summed E-state index contributed by atoms with van der Waals surface area (Å²) in [6.45, 7) is 5.30. The summed E-state index contributed by atoms with van der Waals surface area (Å²) in [5.74, 6) is -1.13. The van der Waals surface area contributed by atoms with E-state index < -0.39 is 16.0 Å². The van der Waals surface area contributed by atoms with Gasteiger partial charge in [-0.25, -0.2) is 13.2 Å². The van der Waals surface area contributed by atoms with Crippen LogP contribution in [0.25, 0.3) is 0 Å². The summed E-state index contributed by atoms with van der Waals surface area (Å²) in [6.07, 6.45) is 0.645. The molecule has 2 aromatic rings. The minimum Gasteiger partial charge on any atom is -0.478 e. The Morgan fingerprint density at radius 1 is 1.21 bits per heavy atom. The largest absolute Gasteiger partial charge is 0.478 e. The van der Waals surface area contributed by atoms with Gasteiger partial charge >= 0.3 is 5.97 Å². The fourth-order valence-electron chi connectivity index (χ4n) is 3.23. The molecule has 1 heterocycles. The second-order valence-electron chi connectivity index (χ2n) is 6.20. The highest BCUT2D eigenvalue weighted by molar-refractivity contribution is 7.93. The molecule has 5 nitrogen and oxygen atoms in total. The van der Waals surface area contributed by atoms with Crippen LogP contribution in [0, 0.1) is 13.8 Å². The van der Waals surface area contributed by atoms with Crippen molar-refractivity contribution in [1.29, 1.82) is 0 Å². The lowest BCUT2D eigenvalue weighted by atomic mass is 10.1. The SMILES string of the molecule is Cc1cc(C(=O)O)cc(S(=O)(=O)N2c3ccccc3C[C@H]2C)c1C. The summed E-state index contributed by atoms with van der Waals surface area (Å²) in [5.41, 5.74) is 2.86. The Balaban J connectivity index is 2.21. The zero-order chi connectivity index (χ0) is 17.6. The molecule has 6 heteroatoms. The van der Waals surface area contributed by atoms with Gasteiger partial charge in [-0.15, -0.1) is 0 Å². The Morgan fingerprint density at radius 2 is 1.88 bits per heavy atom. The molecule has 1 aliphatic rings. The molecule has 24 heavy (non-hydrogen) atoms. The van der Waals surface area contributed by atoms with Crippen LogP contribution in [0.4, 0.5) is 5.69 Å². The topological polar surface area (TPSA) is 74.7 Å². The maximum absolute atomic E-state index is 13.3. The summed E-state index contributed by atoms with van der Waals surface area (Å²) in [6, 6.07) is 9.96. The van der Waals surface area contributed by atoms with Crippen LogP contribution in [0.5, 0.6) is 0 Å². The third-order valence-corrected chi connectivity index (χ3v) is 6.60. The first-order valence-electron chi connectivity index (χ1n) is 7.70. The summed E-state index contributed by atoms with van der Waals surface area (Å²) in [4.78, 5) is 11.4. The highest BCUT2D eigenvalue weighted by Crippen LogP contribution is 2.37. The van der Waals surface area contributed by atoms with E-state index in [0.29, 0.717) is 23.2 Å². The van der Waals surface area contributed by atoms with Crippen molar-refractivity contribution in [1.82, 2.24) is 0 Å². The van der Waals surface area contributed by atoms with Crippen LogP contribution in [0.2, 0.25) is 0 Å². The third-order valence-electron chi connectivity index (χ3n) is 4.55. The molecule has 0 aromatic heterocycles. The van der Waals surface area contributed by atoms with Crippen LogP contribution in [-0.4, -0.2) is 25.5 Å². The number of benzene rings is 2. The minimum atomic E-state index is -3.84. The summed E-state index contributed by atoms with van der Waals surface area (Å²) in [7, 11) is -3.84. The normalized spacial score (nSPS) is 17.0. The van der Waals surface area contributed by atoms with E-state index in [-0.39, 0.29) is 16.5 Å². The number of hydrogen-bond donors (Lipinski definition) is 1. The number of nitrogens with zero attached hydrogens (tertiary/aromatic N) is 1. The van der Waals surface area contributed by atoms with E-state index in [0.717, 1.165) is 5.56 Å². The van der Waals surface area contributed by atoms with Crippen LogP contribution in [0.15, 0.2) is 41.3 Å². The molecule has 0 saturated carbocycles. The number of anilines is 1. The van der Waals surface area contributed by atoms with Crippen molar-refractivity contribution < 1.29 is 18.3 Å². The molecule has 0 aliphatic carbocycles. The number of carboxylic acid groups (broad SMARTS) is 1. The third kappa shape index (κ3) is 2.47. The molecule has 0 saturated heterocycles. The molecule has 0 bridgehead atoms.